The molecule has 0 aliphatic heterocycles. The van der Waals surface area contributed by atoms with Gasteiger partial charge < -0.3 is 5.73 Å². The van der Waals surface area contributed by atoms with Crippen molar-refractivity contribution >= 4 is 5.69 Å². The monoisotopic (exact) mass is 295 g/mol. The fourth-order valence-electron chi connectivity index (χ4n) is 2.38. The molecule has 1 unspecified atom stereocenters. The van der Waals surface area contributed by atoms with E-state index < -0.39 is 0 Å². The maximum absolute atomic E-state index is 12.2. The zero-order valence-electron chi connectivity index (χ0n) is 12.5. The van der Waals surface area contributed by atoms with Gasteiger partial charge in [0, 0.05) is 30.9 Å². The molecule has 0 spiro atoms. The third kappa shape index (κ3) is 2.63. The van der Waals surface area contributed by atoms with E-state index in [0.29, 0.717) is 11.4 Å². The van der Waals surface area contributed by atoms with Crippen LogP contribution in [-0.4, -0.2) is 19.6 Å². The van der Waals surface area contributed by atoms with E-state index in [1.54, 1.807) is 21.8 Å². The highest BCUT2D eigenvalue weighted by atomic mass is 16.1. The molecule has 3 rings (SSSR count). The quantitative estimate of drug-likeness (QED) is 0.746. The summed E-state index contributed by atoms with van der Waals surface area (Å²) in [6, 6.07) is 9.04. The second kappa shape index (κ2) is 5.48. The van der Waals surface area contributed by atoms with Crippen LogP contribution in [0.4, 0.5) is 5.69 Å². The smallest absolute Gasteiger partial charge is 0.203 e. The number of hydrogen-bond donors (Lipinski definition) is 1. The van der Waals surface area contributed by atoms with Crippen molar-refractivity contribution in [3.63, 3.8) is 0 Å². The van der Waals surface area contributed by atoms with Crippen molar-refractivity contribution in [2.75, 3.05) is 5.73 Å². The molecule has 0 bridgehead atoms. The Hall–Kier alpha value is -2.89. The van der Waals surface area contributed by atoms with Crippen molar-refractivity contribution in [2.45, 2.75) is 12.8 Å². The van der Waals surface area contributed by atoms with Gasteiger partial charge in [0.2, 0.25) is 5.43 Å². The lowest BCUT2D eigenvalue weighted by molar-refractivity contribution is 0.738. The molecule has 1 atom stereocenters. The maximum atomic E-state index is 12.2. The number of nitrogens with zero attached hydrogens (tertiary/aromatic N) is 4. The van der Waals surface area contributed by atoms with E-state index in [9.17, 15) is 4.79 Å². The van der Waals surface area contributed by atoms with Crippen molar-refractivity contribution in [3.8, 4) is 5.69 Å². The number of aromatic nitrogens is 4. The summed E-state index contributed by atoms with van der Waals surface area (Å²) in [7, 11) is 1.84. The molecule has 0 aliphatic carbocycles. The number of hydrogen-bond acceptors (Lipinski definition) is 4. The molecule has 0 aliphatic rings. The second-order valence-corrected chi connectivity index (χ2v) is 5.27. The number of nitrogens with two attached hydrogens (primary N) is 1. The van der Waals surface area contributed by atoms with E-state index in [4.69, 9.17) is 5.73 Å². The summed E-state index contributed by atoms with van der Waals surface area (Å²) < 4.78 is 3.35. The van der Waals surface area contributed by atoms with Crippen LogP contribution in [0.3, 0.4) is 0 Å². The lowest BCUT2D eigenvalue weighted by Gasteiger charge is -2.13. The lowest BCUT2D eigenvalue weighted by atomic mass is 9.97. The summed E-state index contributed by atoms with van der Waals surface area (Å²) in [6.45, 7) is 1.95. The van der Waals surface area contributed by atoms with E-state index in [1.807, 2.05) is 44.4 Å². The van der Waals surface area contributed by atoms with Gasteiger partial charge in [0.1, 0.15) is 11.4 Å². The standard InChI is InChI=1S/C16H17N5O/c1-11(12-4-3-5-13(17)8-12)16-15(22)6-7-21(19-16)14-9-18-20(2)10-14/h3-11H,17H2,1-2H3. The molecular weight excluding hydrogens is 278 g/mol. The molecule has 2 aromatic heterocycles. The van der Waals surface area contributed by atoms with Crippen LogP contribution >= 0.6 is 0 Å². The summed E-state index contributed by atoms with van der Waals surface area (Å²) in [6.07, 6.45) is 5.19. The predicted octanol–water partition coefficient (Wildman–Crippen LogP) is 1.70. The number of benzene rings is 1. The molecular formula is C16H17N5O. The highest BCUT2D eigenvalue weighted by Gasteiger charge is 2.15. The van der Waals surface area contributed by atoms with Gasteiger partial charge in [0.15, 0.2) is 0 Å². The Kier molecular flexibility index (Phi) is 3.50. The van der Waals surface area contributed by atoms with E-state index in [2.05, 4.69) is 10.2 Å². The normalized spacial score (nSPS) is 12.3. The Morgan fingerprint density at radius 1 is 1.27 bits per heavy atom. The van der Waals surface area contributed by atoms with Crippen LogP contribution in [0.25, 0.3) is 5.69 Å². The summed E-state index contributed by atoms with van der Waals surface area (Å²) in [4.78, 5) is 12.2. The zero-order valence-corrected chi connectivity index (χ0v) is 12.5. The van der Waals surface area contributed by atoms with E-state index in [-0.39, 0.29) is 11.3 Å². The number of anilines is 1. The molecule has 2 N–H and O–H groups in total. The number of rotatable bonds is 3. The van der Waals surface area contributed by atoms with Crippen molar-refractivity contribution in [2.24, 2.45) is 7.05 Å². The van der Waals surface area contributed by atoms with Crippen LogP contribution in [0, 0.1) is 0 Å². The summed E-state index contributed by atoms with van der Waals surface area (Å²) in [5, 5.41) is 8.59. The van der Waals surface area contributed by atoms with Gasteiger partial charge in [0.05, 0.1) is 12.4 Å². The summed E-state index contributed by atoms with van der Waals surface area (Å²) in [5.41, 5.74) is 8.67. The third-order valence-corrected chi connectivity index (χ3v) is 3.61. The summed E-state index contributed by atoms with van der Waals surface area (Å²) >= 11 is 0. The molecule has 0 saturated heterocycles. The van der Waals surface area contributed by atoms with Gasteiger partial charge in [-0.1, -0.05) is 19.1 Å². The van der Waals surface area contributed by atoms with Crippen LogP contribution in [-0.2, 0) is 7.05 Å². The largest absolute Gasteiger partial charge is 0.399 e. The number of nitrogen functional groups attached to an aromatic ring is 1. The minimum Gasteiger partial charge on any atom is -0.399 e. The van der Waals surface area contributed by atoms with Crippen molar-refractivity contribution < 1.29 is 0 Å². The van der Waals surface area contributed by atoms with Gasteiger partial charge in [-0.3, -0.25) is 9.48 Å². The first-order chi connectivity index (χ1) is 10.5. The van der Waals surface area contributed by atoms with Gasteiger partial charge >= 0.3 is 0 Å². The van der Waals surface area contributed by atoms with Crippen LogP contribution < -0.4 is 11.2 Å². The predicted molar refractivity (Wildman–Crippen MR) is 85.0 cm³/mol. The summed E-state index contributed by atoms with van der Waals surface area (Å²) in [5.74, 6) is -0.139. The first-order valence-electron chi connectivity index (χ1n) is 6.99. The Morgan fingerprint density at radius 2 is 2.09 bits per heavy atom. The molecule has 3 aromatic rings. The fraction of sp³-hybridized carbons (Fsp3) is 0.188. The van der Waals surface area contributed by atoms with Gasteiger partial charge in [-0.2, -0.15) is 10.2 Å². The SMILES string of the molecule is CC(c1cccc(N)c1)c1nn(-c2cnn(C)c2)ccc1=O. The topological polar surface area (TPSA) is 78.7 Å². The van der Waals surface area contributed by atoms with Crippen LogP contribution in [0.2, 0.25) is 0 Å². The maximum Gasteiger partial charge on any atom is 0.203 e. The minimum atomic E-state index is -0.139. The second-order valence-electron chi connectivity index (χ2n) is 5.27. The lowest BCUT2D eigenvalue weighted by Crippen LogP contribution is -2.18. The van der Waals surface area contributed by atoms with Crippen molar-refractivity contribution in [3.05, 3.63) is 70.4 Å². The van der Waals surface area contributed by atoms with Crippen LogP contribution in [0.1, 0.15) is 24.1 Å². The van der Waals surface area contributed by atoms with E-state index in [0.717, 1.165) is 11.3 Å². The number of aryl methyl sites for hydroxylation is 1. The molecule has 0 amide bonds. The third-order valence-electron chi connectivity index (χ3n) is 3.61. The zero-order chi connectivity index (χ0) is 15.7. The van der Waals surface area contributed by atoms with E-state index in [1.165, 1.54) is 6.07 Å². The van der Waals surface area contributed by atoms with Crippen LogP contribution in [0.5, 0.6) is 0 Å². The van der Waals surface area contributed by atoms with Crippen molar-refractivity contribution in [1.82, 2.24) is 19.6 Å². The van der Waals surface area contributed by atoms with Gasteiger partial charge in [-0.05, 0) is 17.7 Å². The highest BCUT2D eigenvalue weighted by Crippen LogP contribution is 2.22. The minimum absolute atomic E-state index is 0.0879. The van der Waals surface area contributed by atoms with Gasteiger partial charge in [-0.25, -0.2) is 4.68 Å². The molecule has 6 heteroatoms. The Bertz CT molecular complexity index is 865. The molecule has 1 aromatic carbocycles. The first-order valence-corrected chi connectivity index (χ1v) is 6.99. The van der Waals surface area contributed by atoms with E-state index >= 15 is 0 Å². The Balaban J connectivity index is 2.05. The fourth-order valence-corrected chi connectivity index (χ4v) is 2.38. The van der Waals surface area contributed by atoms with Gasteiger partial charge in [-0.15, -0.1) is 0 Å². The molecule has 22 heavy (non-hydrogen) atoms. The van der Waals surface area contributed by atoms with Crippen LogP contribution in [0.15, 0.2) is 53.7 Å². The average Bonchev–Trinajstić information content (AvgIpc) is 2.93. The Morgan fingerprint density at radius 3 is 2.77 bits per heavy atom. The molecule has 6 nitrogen and oxygen atoms in total. The molecule has 0 saturated carbocycles. The molecule has 0 radical (unpaired) electrons. The molecule has 0 fully saturated rings. The highest BCUT2D eigenvalue weighted by molar-refractivity contribution is 5.43. The Labute approximate surface area is 127 Å². The first kappa shape index (κ1) is 14.1. The van der Waals surface area contributed by atoms with Gasteiger partial charge in [0.25, 0.3) is 0 Å². The average molecular weight is 295 g/mol. The molecule has 2 heterocycles. The van der Waals surface area contributed by atoms with Crippen molar-refractivity contribution in [1.29, 1.82) is 0 Å². The molecule has 112 valence electrons.